The maximum absolute atomic E-state index is 6.67. The number of furan rings is 1. The molecule has 0 unspecified atom stereocenters. The van der Waals surface area contributed by atoms with Crippen LogP contribution in [0.15, 0.2) is 192 Å². The minimum absolute atomic E-state index is 0.875. The number of anilines is 3. The number of fused-ring (bicyclic) bond motifs is 11. The molecular formula is C50H31NO. The lowest BCUT2D eigenvalue weighted by Gasteiger charge is -2.26. The summed E-state index contributed by atoms with van der Waals surface area (Å²) in [6.07, 6.45) is 0. The molecule has 2 nitrogen and oxygen atoms in total. The van der Waals surface area contributed by atoms with Gasteiger partial charge in [-0.2, -0.15) is 0 Å². The molecule has 0 fully saturated rings. The van der Waals surface area contributed by atoms with Gasteiger partial charge in [0.2, 0.25) is 0 Å². The van der Waals surface area contributed by atoms with Crippen molar-refractivity contribution in [3.8, 4) is 11.1 Å². The summed E-state index contributed by atoms with van der Waals surface area (Å²) < 4.78 is 6.67. The zero-order valence-electron chi connectivity index (χ0n) is 28.3. The second kappa shape index (κ2) is 11.3. The summed E-state index contributed by atoms with van der Waals surface area (Å²) in [6, 6.07) is 68.2. The molecule has 0 saturated carbocycles. The van der Waals surface area contributed by atoms with Crippen LogP contribution in [0.25, 0.3) is 86.9 Å². The average Bonchev–Trinajstić information content (AvgIpc) is 3.59. The molecule has 0 bridgehead atoms. The summed E-state index contributed by atoms with van der Waals surface area (Å²) in [5.74, 6) is 0. The van der Waals surface area contributed by atoms with E-state index in [-0.39, 0.29) is 0 Å². The zero-order valence-corrected chi connectivity index (χ0v) is 28.3. The topological polar surface area (TPSA) is 16.4 Å². The van der Waals surface area contributed by atoms with Gasteiger partial charge in [0.05, 0.1) is 0 Å². The minimum Gasteiger partial charge on any atom is -0.455 e. The first-order valence-corrected chi connectivity index (χ1v) is 17.8. The highest BCUT2D eigenvalue weighted by atomic mass is 16.3. The van der Waals surface area contributed by atoms with Gasteiger partial charge in [0, 0.05) is 39.3 Å². The quantitative estimate of drug-likeness (QED) is 0.175. The molecule has 0 N–H and O–H groups in total. The van der Waals surface area contributed by atoms with Crippen molar-refractivity contribution in [3.63, 3.8) is 0 Å². The van der Waals surface area contributed by atoms with E-state index in [1.165, 1.54) is 59.6 Å². The van der Waals surface area contributed by atoms with Crippen LogP contribution in [0.2, 0.25) is 0 Å². The monoisotopic (exact) mass is 661 g/mol. The summed E-state index contributed by atoms with van der Waals surface area (Å²) in [7, 11) is 0. The SMILES string of the molecule is c1ccc2c(c1)ccc1ccc(-c3ccc(N(c4ccc5c(c4)oc4c6ccccc6ccc54)c4ccc5ccc6ccccc6c5c4)cc3)cc12. The highest BCUT2D eigenvalue weighted by Gasteiger charge is 2.18. The van der Waals surface area contributed by atoms with Crippen LogP contribution in [0.1, 0.15) is 0 Å². The Labute approximate surface area is 300 Å². The third-order valence-corrected chi connectivity index (χ3v) is 10.8. The number of rotatable bonds is 4. The van der Waals surface area contributed by atoms with Gasteiger partial charge in [-0.3, -0.25) is 0 Å². The summed E-state index contributed by atoms with van der Waals surface area (Å²) >= 11 is 0. The Morgan fingerprint density at radius 2 is 0.750 bits per heavy atom. The molecule has 10 aromatic carbocycles. The Balaban J connectivity index is 1.08. The van der Waals surface area contributed by atoms with E-state index >= 15 is 0 Å². The van der Waals surface area contributed by atoms with E-state index in [1.54, 1.807) is 0 Å². The summed E-state index contributed by atoms with van der Waals surface area (Å²) in [5, 5.41) is 14.6. The summed E-state index contributed by atoms with van der Waals surface area (Å²) in [4.78, 5) is 2.35. The second-order valence-corrected chi connectivity index (χ2v) is 13.7. The van der Waals surface area contributed by atoms with Gasteiger partial charge in [-0.1, -0.05) is 133 Å². The Morgan fingerprint density at radius 3 is 1.46 bits per heavy atom. The first kappa shape index (κ1) is 28.9. The molecule has 0 aliphatic heterocycles. The zero-order chi connectivity index (χ0) is 34.2. The standard InChI is InChI=1S/C50H31NO/c1-4-10-42-33(7-1)13-15-36-17-18-38(29-47(36)42)32-19-23-39(24-20-32)51(40-25-21-37-16-14-34-8-2-5-11-43(34)48(37)30-40)41-26-28-45-46-27-22-35-9-3-6-12-44(35)50(46)52-49(45)31-41/h1-31H. The number of nitrogens with zero attached hydrogens (tertiary/aromatic N) is 1. The second-order valence-electron chi connectivity index (χ2n) is 13.7. The molecule has 1 heterocycles. The molecule has 0 atom stereocenters. The van der Waals surface area contributed by atoms with Gasteiger partial charge in [-0.15, -0.1) is 0 Å². The lowest BCUT2D eigenvalue weighted by molar-refractivity contribution is 0.672. The molecule has 1 aromatic heterocycles. The smallest absolute Gasteiger partial charge is 0.143 e. The fourth-order valence-corrected chi connectivity index (χ4v) is 8.19. The fraction of sp³-hybridized carbons (Fsp3) is 0. The van der Waals surface area contributed by atoms with Crippen molar-refractivity contribution < 1.29 is 4.42 Å². The predicted octanol–water partition coefficient (Wildman–Crippen LogP) is 14.5. The molecule has 0 aliphatic rings. The lowest BCUT2D eigenvalue weighted by atomic mass is 9.97. The third kappa shape index (κ3) is 4.51. The van der Waals surface area contributed by atoms with E-state index in [0.29, 0.717) is 0 Å². The van der Waals surface area contributed by atoms with Gasteiger partial charge in [0.15, 0.2) is 0 Å². The molecular weight excluding hydrogens is 631 g/mol. The van der Waals surface area contributed by atoms with Crippen molar-refractivity contribution >= 4 is 92.9 Å². The van der Waals surface area contributed by atoms with Crippen LogP contribution < -0.4 is 4.90 Å². The van der Waals surface area contributed by atoms with Gasteiger partial charge in [-0.25, -0.2) is 0 Å². The van der Waals surface area contributed by atoms with Gasteiger partial charge < -0.3 is 9.32 Å². The highest BCUT2D eigenvalue weighted by molar-refractivity contribution is 6.16. The molecule has 0 saturated heterocycles. The first-order chi connectivity index (χ1) is 25.7. The fourth-order valence-electron chi connectivity index (χ4n) is 8.19. The van der Waals surface area contributed by atoms with Crippen LogP contribution in [-0.2, 0) is 0 Å². The first-order valence-electron chi connectivity index (χ1n) is 17.8. The largest absolute Gasteiger partial charge is 0.455 e. The van der Waals surface area contributed by atoms with Crippen LogP contribution in [0.3, 0.4) is 0 Å². The summed E-state index contributed by atoms with van der Waals surface area (Å²) in [5.41, 5.74) is 7.41. The van der Waals surface area contributed by atoms with Crippen LogP contribution in [0.5, 0.6) is 0 Å². The molecule has 2 heteroatoms. The molecule has 242 valence electrons. The van der Waals surface area contributed by atoms with Gasteiger partial charge in [0.25, 0.3) is 0 Å². The molecule has 0 aliphatic carbocycles. The van der Waals surface area contributed by atoms with Crippen LogP contribution >= 0.6 is 0 Å². The molecule has 52 heavy (non-hydrogen) atoms. The molecule has 0 amide bonds. The normalized spacial score (nSPS) is 11.8. The van der Waals surface area contributed by atoms with Gasteiger partial charge in [-0.05, 0) is 108 Å². The molecule has 11 aromatic rings. The predicted molar refractivity (Wildman–Crippen MR) is 221 cm³/mol. The van der Waals surface area contributed by atoms with E-state index < -0.39 is 0 Å². The van der Waals surface area contributed by atoms with Gasteiger partial charge in [0.1, 0.15) is 11.2 Å². The van der Waals surface area contributed by atoms with Crippen molar-refractivity contribution in [2.24, 2.45) is 0 Å². The number of hydrogen-bond donors (Lipinski definition) is 0. The Morgan fingerprint density at radius 1 is 0.288 bits per heavy atom. The Bertz CT molecular complexity index is 3190. The van der Waals surface area contributed by atoms with Crippen molar-refractivity contribution in [2.75, 3.05) is 4.90 Å². The third-order valence-electron chi connectivity index (χ3n) is 10.8. The van der Waals surface area contributed by atoms with E-state index in [0.717, 1.165) is 44.4 Å². The lowest BCUT2D eigenvalue weighted by Crippen LogP contribution is -2.09. The van der Waals surface area contributed by atoms with E-state index in [9.17, 15) is 0 Å². The molecule has 0 spiro atoms. The van der Waals surface area contributed by atoms with Crippen LogP contribution in [0.4, 0.5) is 17.1 Å². The number of hydrogen-bond acceptors (Lipinski definition) is 2. The maximum Gasteiger partial charge on any atom is 0.143 e. The summed E-state index contributed by atoms with van der Waals surface area (Å²) in [6.45, 7) is 0. The van der Waals surface area contributed by atoms with Crippen molar-refractivity contribution in [1.82, 2.24) is 0 Å². The molecule has 11 rings (SSSR count). The van der Waals surface area contributed by atoms with Gasteiger partial charge >= 0.3 is 0 Å². The van der Waals surface area contributed by atoms with E-state index in [2.05, 4.69) is 193 Å². The molecule has 0 radical (unpaired) electrons. The number of benzene rings is 10. The minimum atomic E-state index is 0.875. The van der Waals surface area contributed by atoms with Crippen molar-refractivity contribution in [2.45, 2.75) is 0 Å². The van der Waals surface area contributed by atoms with Crippen LogP contribution in [-0.4, -0.2) is 0 Å². The Hall–Kier alpha value is -6.90. The Kier molecular flexibility index (Phi) is 6.28. The van der Waals surface area contributed by atoms with Crippen LogP contribution in [0, 0.1) is 0 Å². The average molecular weight is 662 g/mol. The van der Waals surface area contributed by atoms with E-state index in [1.807, 2.05) is 0 Å². The van der Waals surface area contributed by atoms with Crippen molar-refractivity contribution in [1.29, 1.82) is 0 Å². The van der Waals surface area contributed by atoms with Crippen molar-refractivity contribution in [3.05, 3.63) is 188 Å². The highest BCUT2D eigenvalue weighted by Crippen LogP contribution is 2.42. The van der Waals surface area contributed by atoms with E-state index in [4.69, 9.17) is 4.42 Å². The maximum atomic E-state index is 6.67.